The van der Waals surface area contributed by atoms with Gasteiger partial charge in [-0.2, -0.15) is 0 Å². The van der Waals surface area contributed by atoms with E-state index in [1.165, 1.54) is 0 Å². The summed E-state index contributed by atoms with van der Waals surface area (Å²) >= 11 is 0. The number of hydrogen-bond donors (Lipinski definition) is 0. The van der Waals surface area contributed by atoms with Crippen molar-refractivity contribution in [2.75, 3.05) is 13.1 Å². The van der Waals surface area contributed by atoms with E-state index in [9.17, 15) is 4.79 Å². The Hall–Kier alpha value is -1.05. The van der Waals surface area contributed by atoms with Crippen LogP contribution in [0, 0.1) is 5.41 Å². The number of carbonyl (C=O) groups is 1. The van der Waals surface area contributed by atoms with Crippen LogP contribution < -0.4 is 0 Å². The number of allylic oxidation sites excluding steroid dienone is 1. The lowest BCUT2D eigenvalue weighted by Crippen LogP contribution is -2.27. The zero-order valence-corrected chi connectivity index (χ0v) is 9.62. The molecule has 0 radical (unpaired) electrons. The Balaban J connectivity index is 1.96. The number of carbonyl (C=O) groups excluding carboxylic acids is 1. The predicted octanol–water partition coefficient (Wildman–Crippen LogP) is 2.52. The van der Waals surface area contributed by atoms with Crippen molar-refractivity contribution in [2.45, 2.75) is 33.1 Å². The maximum Gasteiger partial charge on any atom is 0.160 e. The van der Waals surface area contributed by atoms with E-state index in [0.717, 1.165) is 37.9 Å². The summed E-state index contributed by atoms with van der Waals surface area (Å²) in [5.74, 6) is 0.347. The first-order valence-electron chi connectivity index (χ1n) is 5.72. The van der Waals surface area contributed by atoms with Gasteiger partial charge in [0.05, 0.1) is 0 Å². The third kappa shape index (κ3) is 2.49. The average molecular weight is 205 g/mol. The predicted molar refractivity (Wildman–Crippen MR) is 61.4 cm³/mol. The third-order valence-corrected chi connectivity index (χ3v) is 3.08. The highest BCUT2D eigenvalue weighted by Gasteiger charge is 2.24. The number of Topliss-reactive ketones (excluding diaryl/α,β-unsaturated/α-hetero) is 1. The third-order valence-electron chi connectivity index (χ3n) is 3.08. The van der Waals surface area contributed by atoms with Gasteiger partial charge in [-0.05, 0) is 19.0 Å². The molecule has 0 saturated heterocycles. The van der Waals surface area contributed by atoms with Crippen molar-refractivity contribution < 1.29 is 4.79 Å². The molecule has 15 heavy (non-hydrogen) atoms. The number of rotatable bonds is 2. The molecule has 82 valence electrons. The zero-order valence-electron chi connectivity index (χ0n) is 9.62. The standard InChI is InChI=1S/C13H19NO/c1-13(2)7-8-14(10-13)9-11-5-3-4-6-12(11)15/h5,7-8H,3-4,6,9-10H2,1-2H3. The lowest BCUT2D eigenvalue weighted by atomic mass is 9.95. The van der Waals surface area contributed by atoms with Gasteiger partial charge in [-0.1, -0.05) is 26.0 Å². The van der Waals surface area contributed by atoms with Gasteiger partial charge in [0.1, 0.15) is 0 Å². The second kappa shape index (κ2) is 3.84. The molecule has 0 aromatic rings. The van der Waals surface area contributed by atoms with E-state index in [-0.39, 0.29) is 5.41 Å². The molecule has 1 aliphatic heterocycles. The Morgan fingerprint density at radius 2 is 2.27 bits per heavy atom. The van der Waals surface area contributed by atoms with Crippen molar-refractivity contribution in [2.24, 2.45) is 5.41 Å². The first kappa shape index (κ1) is 10.5. The van der Waals surface area contributed by atoms with Crippen LogP contribution in [-0.2, 0) is 4.79 Å². The lowest BCUT2D eigenvalue weighted by Gasteiger charge is -2.23. The summed E-state index contributed by atoms with van der Waals surface area (Å²) < 4.78 is 0. The molecule has 0 aromatic carbocycles. The molecule has 0 bridgehead atoms. The van der Waals surface area contributed by atoms with E-state index in [2.05, 4.69) is 37.1 Å². The van der Waals surface area contributed by atoms with Crippen molar-refractivity contribution in [3.05, 3.63) is 23.9 Å². The van der Waals surface area contributed by atoms with Crippen molar-refractivity contribution in [1.29, 1.82) is 0 Å². The average Bonchev–Trinajstić information content (AvgIpc) is 2.50. The summed E-state index contributed by atoms with van der Waals surface area (Å²) in [5.41, 5.74) is 1.28. The van der Waals surface area contributed by atoms with Crippen molar-refractivity contribution in [3.8, 4) is 0 Å². The fourth-order valence-corrected chi connectivity index (χ4v) is 2.23. The van der Waals surface area contributed by atoms with Gasteiger partial charge in [0, 0.05) is 30.5 Å². The lowest BCUT2D eigenvalue weighted by molar-refractivity contribution is -0.116. The minimum atomic E-state index is 0.262. The molecule has 0 amide bonds. The molecular formula is C13H19NO. The van der Waals surface area contributed by atoms with Gasteiger partial charge >= 0.3 is 0 Å². The van der Waals surface area contributed by atoms with Crippen LogP contribution in [0.4, 0.5) is 0 Å². The smallest absolute Gasteiger partial charge is 0.160 e. The fraction of sp³-hybridized carbons (Fsp3) is 0.615. The first-order valence-corrected chi connectivity index (χ1v) is 5.72. The second-order valence-electron chi connectivity index (χ2n) is 5.25. The molecule has 0 spiro atoms. The molecule has 0 N–H and O–H groups in total. The van der Waals surface area contributed by atoms with Crippen LogP contribution in [0.3, 0.4) is 0 Å². The van der Waals surface area contributed by atoms with Crippen LogP contribution in [0.1, 0.15) is 33.1 Å². The van der Waals surface area contributed by atoms with Crippen LogP contribution in [0.25, 0.3) is 0 Å². The van der Waals surface area contributed by atoms with E-state index in [4.69, 9.17) is 0 Å². The molecule has 1 aliphatic carbocycles. The minimum Gasteiger partial charge on any atom is -0.372 e. The maximum atomic E-state index is 11.6. The fourth-order valence-electron chi connectivity index (χ4n) is 2.23. The van der Waals surface area contributed by atoms with Crippen molar-refractivity contribution >= 4 is 5.78 Å². The number of hydrogen-bond acceptors (Lipinski definition) is 2. The summed E-state index contributed by atoms with van der Waals surface area (Å²) in [6, 6.07) is 0. The van der Waals surface area contributed by atoms with E-state index in [1.54, 1.807) is 0 Å². The monoisotopic (exact) mass is 205 g/mol. The molecular weight excluding hydrogens is 186 g/mol. The molecule has 0 fully saturated rings. The number of nitrogens with zero attached hydrogens (tertiary/aromatic N) is 1. The zero-order chi connectivity index (χ0) is 10.9. The highest BCUT2D eigenvalue weighted by molar-refractivity contribution is 5.96. The molecule has 0 aromatic heterocycles. The number of ketones is 1. The molecule has 0 atom stereocenters. The highest BCUT2D eigenvalue weighted by atomic mass is 16.1. The highest BCUT2D eigenvalue weighted by Crippen LogP contribution is 2.26. The summed E-state index contributed by atoms with van der Waals surface area (Å²) in [4.78, 5) is 13.9. The van der Waals surface area contributed by atoms with Gasteiger partial charge < -0.3 is 4.90 Å². The van der Waals surface area contributed by atoms with E-state index in [1.807, 2.05) is 0 Å². The van der Waals surface area contributed by atoms with Gasteiger partial charge in [0.15, 0.2) is 5.78 Å². The SMILES string of the molecule is CC1(C)C=CN(CC2=CCCCC2=O)C1. The van der Waals surface area contributed by atoms with Gasteiger partial charge in [-0.3, -0.25) is 4.79 Å². The topological polar surface area (TPSA) is 20.3 Å². The van der Waals surface area contributed by atoms with Crippen LogP contribution in [0.5, 0.6) is 0 Å². The minimum absolute atomic E-state index is 0.262. The largest absolute Gasteiger partial charge is 0.372 e. The molecule has 2 aliphatic rings. The second-order valence-corrected chi connectivity index (χ2v) is 5.25. The molecule has 2 nitrogen and oxygen atoms in total. The summed E-state index contributed by atoms with van der Waals surface area (Å²) in [6.07, 6.45) is 9.31. The molecule has 2 rings (SSSR count). The summed E-state index contributed by atoms with van der Waals surface area (Å²) in [6.45, 7) is 6.28. The molecule has 2 heteroatoms. The molecule has 0 saturated carbocycles. The van der Waals surface area contributed by atoms with E-state index >= 15 is 0 Å². The van der Waals surface area contributed by atoms with E-state index in [0.29, 0.717) is 5.78 Å². The Morgan fingerprint density at radius 3 is 2.87 bits per heavy atom. The molecule has 0 unspecified atom stereocenters. The Labute approximate surface area is 91.6 Å². The van der Waals surface area contributed by atoms with Crippen LogP contribution in [-0.4, -0.2) is 23.8 Å². The van der Waals surface area contributed by atoms with Crippen LogP contribution >= 0.6 is 0 Å². The summed E-state index contributed by atoms with van der Waals surface area (Å²) in [7, 11) is 0. The first-order chi connectivity index (χ1) is 7.07. The van der Waals surface area contributed by atoms with Gasteiger partial charge in [0.25, 0.3) is 0 Å². The van der Waals surface area contributed by atoms with Crippen LogP contribution in [0.15, 0.2) is 23.9 Å². The van der Waals surface area contributed by atoms with E-state index < -0.39 is 0 Å². The van der Waals surface area contributed by atoms with Gasteiger partial charge in [-0.25, -0.2) is 0 Å². The van der Waals surface area contributed by atoms with Gasteiger partial charge in [-0.15, -0.1) is 0 Å². The van der Waals surface area contributed by atoms with Crippen LogP contribution in [0.2, 0.25) is 0 Å². The quantitative estimate of drug-likeness (QED) is 0.690. The Morgan fingerprint density at radius 1 is 1.47 bits per heavy atom. The van der Waals surface area contributed by atoms with Crippen molar-refractivity contribution in [3.63, 3.8) is 0 Å². The molecule has 1 heterocycles. The Kier molecular flexibility index (Phi) is 2.68. The van der Waals surface area contributed by atoms with Crippen molar-refractivity contribution in [1.82, 2.24) is 4.90 Å². The normalized spacial score (nSPS) is 24.5. The Bertz CT molecular complexity index is 325. The summed E-state index contributed by atoms with van der Waals surface area (Å²) in [5, 5.41) is 0. The maximum absolute atomic E-state index is 11.6. The van der Waals surface area contributed by atoms with Gasteiger partial charge in [0.2, 0.25) is 0 Å².